The molecule has 1 aliphatic carbocycles. The molecule has 6 heteroatoms. The number of hydrogen-bond acceptors (Lipinski definition) is 4. The van der Waals surface area contributed by atoms with Crippen LogP contribution in [0, 0.1) is 6.92 Å². The number of carbonyl (C=O) groups is 1. The maximum absolute atomic E-state index is 12.1. The first-order valence-corrected chi connectivity index (χ1v) is 6.99. The third-order valence-electron chi connectivity index (χ3n) is 4.20. The Balaban J connectivity index is 1.90. The number of H-pyrrole nitrogens is 1. The van der Waals surface area contributed by atoms with Crippen molar-refractivity contribution in [2.24, 2.45) is 0 Å². The minimum atomic E-state index is -0.862. The zero-order chi connectivity index (χ0) is 15.0. The number of fused-ring (bicyclic) bond motifs is 1. The van der Waals surface area contributed by atoms with Gasteiger partial charge in [-0.25, -0.2) is 4.98 Å². The predicted molar refractivity (Wildman–Crippen MR) is 78.2 cm³/mol. The average Bonchev–Trinajstić information content (AvgIpc) is 2.38. The second kappa shape index (κ2) is 4.96. The van der Waals surface area contributed by atoms with Gasteiger partial charge < -0.3 is 10.1 Å². The molecule has 0 bridgehead atoms. The highest BCUT2D eigenvalue weighted by atomic mass is 16.4. The number of hydrogen-bond donors (Lipinski definition) is 3. The summed E-state index contributed by atoms with van der Waals surface area (Å²) in [6.45, 7) is 2.14. The number of aryl methyl sites for hydroxylation is 1. The molecule has 0 atom stereocenters. The number of aromatic amines is 1. The van der Waals surface area contributed by atoms with Crippen molar-refractivity contribution in [2.45, 2.75) is 38.3 Å². The molecule has 1 aromatic carbocycles. The Labute approximate surface area is 121 Å². The van der Waals surface area contributed by atoms with Gasteiger partial charge in [0.2, 0.25) is 0 Å². The largest absolute Gasteiger partial charge is 0.480 e. The molecule has 1 saturated carbocycles. The van der Waals surface area contributed by atoms with E-state index in [1.165, 1.54) is 0 Å². The molecule has 0 unspecified atom stereocenters. The van der Waals surface area contributed by atoms with Crippen LogP contribution in [0.3, 0.4) is 0 Å². The van der Waals surface area contributed by atoms with Crippen LogP contribution in [0.2, 0.25) is 0 Å². The minimum absolute atomic E-state index is 0.196. The van der Waals surface area contributed by atoms with E-state index in [2.05, 4.69) is 15.3 Å². The van der Waals surface area contributed by atoms with Crippen molar-refractivity contribution < 1.29 is 9.90 Å². The van der Waals surface area contributed by atoms with Gasteiger partial charge in [0.15, 0.2) is 0 Å². The molecular weight excluding hydrogens is 270 g/mol. The normalized spacial score (nSPS) is 16.6. The number of para-hydroxylation sites is 1. The van der Waals surface area contributed by atoms with Gasteiger partial charge in [-0.15, -0.1) is 0 Å². The first-order chi connectivity index (χ1) is 10.0. The third kappa shape index (κ3) is 2.31. The van der Waals surface area contributed by atoms with Crippen molar-refractivity contribution in [3.05, 3.63) is 39.9 Å². The zero-order valence-electron chi connectivity index (χ0n) is 11.8. The molecule has 0 spiro atoms. The summed E-state index contributed by atoms with van der Waals surface area (Å²) in [7, 11) is 0. The molecule has 0 saturated heterocycles. The molecule has 1 aromatic heterocycles. The van der Waals surface area contributed by atoms with E-state index in [1.807, 2.05) is 19.1 Å². The molecule has 0 radical (unpaired) electrons. The maximum atomic E-state index is 12.1. The Morgan fingerprint density at radius 3 is 2.86 bits per heavy atom. The lowest BCUT2D eigenvalue weighted by molar-refractivity contribution is -0.148. The monoisotopic (exact) mass is 287 g/mol. The number of benzene rings is 1. The summed E-state index contributed by atoms with van der Waals surface area (Å²) < 4.78 is 0. The van der Waals surface area contributed by atoms with Crippen molar-refractivity contribution in [1.29, 1.82) is 0 Å². The summed E-state index contributed by atoms with van der Waals surface area (Å²) in [6.07, 6.45) is 2.12. The minimum Gasteiger partial charge on any atom is -0.480 e. The van der Waals surface area contributed by atoms with E-state index < -0.39 is 11.5 Å². The van der Waals surface area contributed by atoms with Gasteiger partial charge in [-0.3, -0.25) is 14.9 Å². The van der Waals surface area contributed by atoms with Crippen LogP contribution in [0.4, 0.5) is 0 Å². The quantitative estimate of drug-likeness (QED) is 0.788. The van der Waals surface area contributed by atoms with E-state index >= 15 is 0 Å². The fourth-order valence-corrected chi connectivity index (χ4v) is 2.69. The summed E-state index contributed by atoms with van der Waals surface area (Å²) in [4.78, 5) is 30.5. The number of carboxylic acid groups (broad SMARTS) is 1. The second-order valence-corrected chi connectivity index (χ2v) is 5.58. The smallest absolute Gasteiger partial charge is 0.323 e. The predicted octanol–water partition coefficient (Wildman–Crippen LogP) is 1.33. The van der Waals surface area contributed by atoms with Gasteiger partial charge in [-0.05, 0) is 37.8 Å². The number of rotatable bonds is 4. The van der Waals surface area contributed by atoms with E-state index in [0.717, 1.165) is 12.0 Å². The number of aliphatic carboxylic acids is 1. The third-order valence-corrected chi connectivity index (χ3v) is 4.20. The van der Waals surface area contributed by atoms with E-state index in [-0.39, 0.29) is 12.1 Å². The maximum Gasteiger partial charge on any atom is 0.323 e. The van der Waals surface area contributed by atoms with Crippen LogP contribution < -0.4 is 10.9 Å². The van der Waals surface area contributed by atoms with Crippen LogP contribution >= 0.6 is 0 Å². The number of nitrogens with one attached hydrogen (secondary N) is 2. The summed E-state index contributed by atoms with van der Waals surface area (Å²) in [5, 5.41) is 12.9. The lowest BCUT2D eigenvalue weighted by Crippen LogP contribution is -2.56. The van der Waals surface area contributed by atoms with Gasteiger partial charge in [0.1, 0.15) is 11.4 Å². The number of carboxylic acids is 1. The molecular formula is C15H17N3O3. The van der Waals surface area contributed by atoms with E-state index in [1.54, 1.807) is 6.07 Å². The standard InChI is InChI=1S/C15H17N3O3/c1-9-4-2-5-10-12(9)17-11(18-13(10)19)8-16-15(14(20)21)6-3-7-15/h2,4-5,16H,3,6-8H2,1H3,(H,20,21)(H,17,18,19). The van der Waals surface area contributed by atoms with Crippen LogP contribution in [-0.4, -0.2) is 26.6 Å². The molecule has 1 heterocycles. The van der Waals surface area contributed by atoms with Crippen LogP contribution in [0.5, 0.6) is 0 Å². The second-order valence-electron chi connectivity index (χ2n) is 5.58. The Morgan fingerprint density at radius 2 is 2.24 bits per heavy atom. The lowest BCUT2D eigenvalue weighted by Gasteiger charge is -2.38. The van der Waals surface area contributed by atoms with Crippen LogP contribution in [0.25, 0.3) is 10.9 Å². The van der Waals surface area contributed by atoms with Gasteiger partial charge in [-0.2, -0.15) is 0 Å². The van der Waals surface area contributed by atoms with Crippen LogP contribution in [-0.2, 0) is 11.3 Å². The fraction of sp³-hybridized carbons (Fsp3) is 0.400. The lowest BCUT2D eigenvalue weighted by atomic mass is 9.77. The van der Waals surface area contributed by atoms with Gasteiger partial charge in [0, 0.05) is 0 Å². The molecule has 3 N–H and O–H groups in total. The van der Waals surface area contributed by atoms with Crippen molar-refractivity contribution in [3.8, 4) is 0 Å². The zero-order valence-corrected chi connectivity index (χ0v) is 11.8. The first-order valence-electron chi connectivity index (χ1n) is 6.99. The Bertz CT molecular complexity index is 762. The molecule has 6 nitrogen and oxygen atoms in total. The molecule has 21 heavy (non-hydrogen) atoms. The Kier molecular flexibility index (Phi) is 3.25. The first kappa shape index (κ1) is 13.8. The van der Waals surface area contributed by atoms with Crippen LogP contribution in [0.1, 0.15) is 30.7 Å². The summed E-state index contributed by atoms with van der Waals surface area (Å²) in [6, 6.07) is 5.45. The molecule has 0 amide bonds. The number of nitrogens with zero attached hydrogens (tertiary/aromatic N) is 1. The molecule has 3 rings (SSSR count). The average molecular weight is 287 g/mol. The van der Waals surface area contributed by atoms with Gasteiger partial charge in [0.25, 0.3) is 5.56 Å². The van der Waals surface area contributed by atoms with E-state index in [9.17, 15) is 14.7 Å². The van der Waals surface area contributed by atoms with Crippen molar-refractivity contribution in [3.63, 3.8) is 0 Å². The van der Waals surface area contributed by atoms with E-state index in [4.69, 9.17) is 0 Å². The molecule has 1 fully saturated rings. The Morgan fingerprint density at radius 1 is 1.48 bits per heavy atom. The molecule has 1 aliphatic rings. The highest BCUT2D eigenvalue weighted by Gasteiger charge is 2.43. The molecule has 2 aromatic rings. The fourth-order valence-electron chi connectivity index (χ4n) is 2.69. The van der Waals surface area contributed by atoms with Gasteiger partial charge in [-0.1, -0.05) is 12.1 Å². The van der Waals surface area contributed by atoms with Gasteiger partial charge >= 0.3 is 5.97 Å². The van der Waals surface area contributed by atoms with Crippen LogP contribution in [0.15, 0.2) is 23.0 Å². The topological polar surface area (TPSA) is 95.1 Å². The number of aromatic nitrogens is 2. The SMILES string of the molecule is Cc1cccc2c(=O)[nH]c(CNC3(C(=O)O)CCC3)nc12. The molecule has 110 valence electrons. The Hall–Kier alpha value is -2.21. The summed E-state index contributed by atoms with van der Waals surface area (Å²) in [5.74, 6) is -0.373. The highest BCUT2D eigenvalue weighted by Crippen LogP contribution is 2.32. The van der Waals surface area contributed by atoms with Crippen molar-refractivity contribution in [2.75, 3.05) is 0 Å². The van der Waals surface area contributed by atoms with Gasteiger partial charge in [0.05, 0.1) is 17.4 Å². The van der Waals surface area contributed by atoms with E-state index in [0.29, 0.717) is 29.6 Å². The molecule has 0 aliphatic heterocycles. The highest BCUT2D eigenvalue weighted by molar-refractivity contribution is 5.81. The summed E-state index contributed by atoms with van der Waals surface area (Å²) >= 11 is 0. The van der Waals surface area contributed by atoms with Crippen molar-refractivity contribution in [1.82, 2.24) is 15.3 Å². The summed E-state index contributed by atoms with van der Waals surface area (Å²) in [5.41, 5.74) is 0.533. The van der Waals surface area contributed by atoms with Crippen molar-refractivity contribution >= 4 is 16.9 Å².